The van der Waals surface area contributed by atoms with E-state index < -0.39 is 0 Å². The van der Waals surface area contributed by atoms with Gasteiger partial charge in [-0.15, -0.1) is 0 Å². The Morgan fingerprint density at radius 2 is 2.12 bits per heavy atom. The summed E-state index contributed by atoms with van der Waals surface area (Å²) in [6.45, 7) is 2.19. The van der Waals surface area contributed by atoms with Crippen LogP contribution in [0, 0.1) is 11.3 Å². The third kappa shape index (κ3) is 5.53. The third-order valence-electron chi connectivity index (χ3n) is 3.23. The molecule has 1 N–H and O–H groups in total. The summed E-state index contributed by atoms with van der Waals surface area (Å²) < 4.78 is 10.7. The number of carbonyl (C=O) groups excluding carboxylic acids is 1. The van der Waals surface area contributed by atoms with Crippen molar-refractivity contribution in [3.63, 3.8) is 0 Å². The lowest BCUT2D eigenvalue weighted by molar-refractivity contribution is -0.120. The summed E-state index contributed by atoms with van der Waals surface area (Å²) in [6, 6.07) is 13.9. The number of hydrogen-bond donors (Lipinski definition) is 1. The molecule has 0 spiro atoms. The molecule has 0 atom stereocenters. The maximum Gasteiger partial charge on any atom is 0.265 e. The molecule has 134 valence electrons. The Labute approximate surface area is 151 Å². The molecule has 0 aliphatic heterocycles. The van der Waals surface area contributed by atoms with E-state index in [2.05, 4.69) is 10.5 Å². The number of rotatable bonds is 8. The van der Waals surface area contributed by atoms with Crippen molar-refractivity contribution in [1.82, 2.24) is 0 Å². The number of oxime groups is 1. The SMILES string of the molecule is CCOc1ccc(/C=N\OCC(=O)Nc2cccc(C#N)c2)cc1OC. The highest BCUT2D eigenvalue weighted by Crippen LogP contribution is 2.27. The summed E-state index contributed by atoms with van der Waals surface area (Å²) in [6.07, 6.45) is 1.47. The minimum atomic E-state index is -0.374. The van der Waals surface area contributed by atoms with Gasteiger partial charge in [0.05, 0.1) is 31.6 Å². The fraction of sp³-hybridized carbons (Fsp3) is 0.211. The van der Waals surface area contributed by atoms with E-state index in [1.807, 2.05) is 13.0 Å². The average molecular weight is 353 g/mol. The molecule has 7 heteroatoms. The molecular weight excluding hydrogens is 334 g/mol. The molecule has 2 rings (SSSR count). The minimum Gasteiger partial charge on any atom is -0.493 e. The molecule has 0 bridgehead atoms. The molecule has 0 heterocycles. The Hall–Kier alpha value is -3.53. The summed E-state index contributed by atoms with van der Waals surface area (Å²) in [7, 11) is 1.56. The first-order valence-corrected chi connectivity index (χ1v) is 7.92. The van der Waals surface area contributed by atoms with Crippen LogP contribution in [-0.2, 0) is 9.63 Å². The van der Waals surface area contributed by atoms with E-state index in [1.165, 1.54) is 6.21 Å². The zero-order valence-corrected chi connectivity index (χ0v) is 14.6. The Morgan fingerprint density at radius 3 is 2.85 bits per heavy atom. The molecule has 26 heavy (non-hydrogen) atoms. The van der Waals surface area contributed by atoms with E-state index in [9.17, 15) is 4.79 Å². The van der Waals surface area contributed by atoms with Crippen LogP contribution in [0.15, 0.2) is 47.6 Å². The molecular formula is C19H19N3O4. The normalized spacial score (nSPS) is 10.2. The van der Waals surface area contributed by atoms with E-state index in [-0.39, 0.29) is 12.5 Å². The Morgan fingerprint density at radius 1 is 1.27 bits per heavy atom. The van der Waals surface area contributed by atoms with Gasteiger partial charge in [0.1, 0.15) is 0 Å². The minimum absolute atomic E-state index is 0.249. The van der Waals surface area contributed by atoms with Crippen molar-refractivity contribution >= 4 is 17.8 Å². The number of benzene rings is 2. The van der Waals surface area contributed by atoms with Gasteiger partial charge in [0, 0.05) is 11.3 Å². The quantitative estimate of drug-likeness (QED) is 0.582. The number of nitrogens with one attached hydrogen (secondary N) is 1. The van der Waals surface area contributed by atoms with Gasteiger partial charge >= 0.3 is 0 Å². The summed E-state index contributed by atoms with van der Waals surface area (Å²) in [4.78, 5) is 16.8. The van der Waals surface area contributed by atoms with Gasteiger partial charge in [-0.3, -0.25) is 4.79 Å². The fourth-order valence-electron chi connectivity index (χ4n) is 2.10. The predicted octanol–water partition coefficient (Wildman–Crippen LogP) is 2.95. The van der Waals surface area contributed by atoms with Gasteiger partial charge in [0.15, 0.2) is 18.1 Å². The standard InChI is InChI=1S/C19H19N3O4/c1-3-25-17-8-7-15(10-18(17)24-2)12-21-26-13-19(23)22-16-6-4-5-14(9-16)11-20/h4-10,12H,3,13H2,1-2H3,(H,22,23)/b21-12-. The van der Waals surface area contributed by atoms with Crippen LogP contribution in [0.4, 0.5) is 5.69 Å². The third-order valence-corrected chi connectivity index (χ3v) is 3.23. The van der Waals surface area contributed by atoms with Crippen LogP contribution >= 0.6 is 0 Å². The van der Waals surface area contributed by atoms with Crippen LogP contribution in [0.2, 0.25) is 0 Å². The maximum absolute atomic E-state index is 11.8. The topological polar surface area (TPSA) is 92.9 Å². The first-order chi connectivity index (χ1) is 12.7. The molecule has 0 aromatic heterocycles. The first-order valence-electron chi connectivity index (χ1n) is 7.92. The van der Waals surface area contributed by atoms with E-state index >= 15 is 0 Å². The number of amides is 1. The number of anilines is 1. The van der Waals surface area contributed by atoms with Crippen LogP contribution in [0.25, 0.3) is 0 Å². The van der Waals surface area contributed by atoms with E-state index in [1.54, 1.807) is 49.6 Å². The van der Waals surface area contributed by atoms with Gasteiger partial charge in [0.25, 0.3) is 5.91 Å². The lowest BCUT2D eigenvalue weighted by Crippen LogP contribution is -2.17. The second-order valence-electron chi connectivity index (χ2n) is 5.09. The van der Waals surface area contributed by atoms with E-state index in [0.29, 0.717) is 29.4 Å². The molecule has 0 fully saturated rings. The summed E-state index contributed by atoms with van der Waals surface area (Å²) >= 11 is 0. The average Bonchev–Trinajstić information content (AvgIpc) is 2.66. The summed E-state index contributed by atoms with van der Waals surface area (Å²) in [5.74, 6) is 0.861. The monoisotopic (exact) mass is 353 g/mol. The maximum atomic E-state index is 11.8. The highest BCUT2D eigenvalue weighted by Gasteiger charge is 2.05. The van der Waals surface area contributed by atoms with Crippen LogP contribution < -0.4 is 14.8 Å². The lowest BCUT2D eigenvalue weighted by Gasteiger charge is -2.09. The largest absolute Gasteiger partial charge is 0.493 e. The number of carbonyl (C=O) groups is 1. The molecule has 0 saturated heterocycles. The van der Waals surface area contributed by atoms with Gasteiger partial charge in [-0.1, -0.05) is 11.2 Å². The van der Waals surface area contributed by atoms with Crippen LogP contribution in [0.3, 0.4) is 0 Å². The van der Waals surface area contributed by atoms with Gasteiger partial charge in [-0.25, -0.2) is 0 Å². The highest BCUT2D eigenvalue weighted by molar-refractivity contribution is 5.91. The molecule has 7 nitrogen and oxygen atoms in total. The molecule has 0 aliphatic carbocycles. The Kier molecular flexibility index (Phi) is 7.01. The molecule has 0 unspecified atom stereocenters. The van der Waals surface area contributed by atoms with Crippen molar-refractivity contribution in [2.45, 2.75) is 6.92 Å². The summed E-state index contributed by atoms with van der Waals surface area (Å²) in [5, 5.41) is 15.2. The number of methoxy groups -OCH3 is 1. The van der Waals surface area contributed by atoms with Gasteiger partial charge < -0.3 is 19.6 Å². The molecule has 1 amide bonds. The highest BCUT2D eigenvalue weighted by atomic mass is 16.6. The van der Waals surface area contributed by atoms with Gasteiger partial charge in [0.2, 0.25) is 0 Å². The number of hydrogen-bond acceptors (Lipinski definition) is 6. The van der Waals surface area contributed by atoms with Crippen molar-refractivity contribution < 1.29 is 19.1 Å². The van der Waals surface area contributed by atoms with Crippen LogP contribution in [-0.4, -0.2) is 32.4 Å². The fourth-order valence-corrected chi connectivity index (χ4v) is 2.10. The van der Waals surface area contributed by atoms with Gasteiger partial charge in [-0.2, -0.15) is 5.26 Å². The molecule has 2 aromatic rings. The zero-order valence-electron chi connectivity index (χ0n) is 14.6. The van der Waals surface area contributed by atoms with Crippen LogP contribution in [0.5, 0.6) is 11.5 Å². The van der Waals surface area contributed by atoms with Gasteiger partial charge in [-0.05, 0) is 43.3 Å². The first kappa shape index (κ1) is 18.8. The Balaban J connectivity index is 1.86. The van der Waals surface area contributed by atoms with E-state index in [0.717, 1.165) is 5.56 Å². The Bertz CT molecular complexity index is 828. The second-order valence-corrected chi connectivity index (χ2v) is 5.09. The molecule has 0 saturated carbocycles. The zero-order chi connectivity index (χ0) is 18.8. The molecule has 0 radical (unpaired) electrons. The number of nitrogens with zero attached hydrogens (tertiary/aromatic N) is 2. The molecule has 0 aliphatic rings. The molecule has 2 aromatic carbocycles. The smallest absolute Gasteiger partial charge is 0.265 e. The van der Waals surface area contributed by atoms with Crippen LogP contribution in [0.1, 0.15) is 18.1 Å². The predicted molar refractivity (Wildman–Crippen MR) is 97.5 cm³/mol. The lowest BCUT2D eigenvalue weighted by atomic mass is 10.2. The van der Waals surface area contributed by atoms with E-state index in [4.69, 9.17) is 19.6 Å². The second kappa shape index (κ2) is 9.69. The summed E-state index contributed by atoms with van der Waals surface area (Å²) in [5.41, 5.74) is 1.73. The van der Waals surface area contributed by atoms with Crippen molar-refractivity contribution in [2.24, 2.45) is 5.16 Å². The van der Waals surface area contributed by atoms with Crippen molar-refractivity contribution in [3.8, 4) is 17.6 Å². The van der Waals surface area contributed by atoms with Crippen molar-refractivity contribution in [1.29, 1.82) is 5.26 Å². The number of nitriles is 1. The van der Waals surface area contributed by atoms with Crippen molar-refractivity contribution in [3.05, 3.63) is 53.6 Å². The van der Waals surface area contributed by atoms with Crippen molar-refractivity contribution in [2.75, 3.05) is 25.6 Å². The number of ether oxygens (including phenoxy) is 2.